The van der Waals surface area contributed by atoms with Crippen LogP contribution in [0.2, 0.25) is 0 Å². The molecule has 4 amide bonds. The summed E-state index contributed by atoms with van der Waals surface area (Å²) in [5.74, 6) is -2.81. The maximum atomic E-state index is 12.9. The van der Waals surface area contributed by atoms with Crippen LogP contribution in [0.4, 0.5) is 5.69 Å². The van der Waals surface area contributed by atoms with E-state index in [0.717, 1.165) is 12.0 Å². The van der Waals surface area contributed by atoms with Crippen molar-refractivity contribution in [3.8, 4) is 0 Å². The molecule has 0 fully saturated rings. The molecule has 0 radical (unpaired) electrons. The smallest absolute Gasteiger partial charge is 0.303 e. The van der Waals surface area contributed by atoms with Crippen LogP contribution in [-0.4, -0.2) is 112 Å². The van der Waals surface area contributed by atoms with Crippen molar-refractivity contribution in [2.45, 2.75) is 38.6 Å². The summed E-state index contributed by atoms with van der Waals surface area (Å²) in [4.78, 5) is 59.8. The van der Waals surface area contributed by atoms with Gasteiger partial charge in [-0.2, -0.15) is 0 Å². The van der Waals surface area contributed by atoms with Crippen molar-refractivity contribution in [3.63, 3.8) is 0 Å². The first-order valence-corrected chi connectivity index (χ1v) is 17.1. The summed E-state index contributed by atoms with van der Waals surface area (Å²) in [6.07, 6.45) is 0.295. The van der Waals surface area contributed by atoms with Gasteiger partial charge in [-0.25, -0.2) is 0 Å². The predicted molar refractivity (Wildman–Crippen MR) is 186 cm³/mol. The normalized spacial score (nSPS) is 11.4. The Balaban J connectivity index is 1.58. The molecule has 15 heteroatoms. The van der Waals surface area contributed by atoms with E-state index < -0.39 is 29.7 Å². The zero-order valence-electron chi connectivity index (χ0n) is 27.8. The first kappa shape index (κ1) is 41.3. The van der Waals surface area contributed by atoms with Gasteiger partial charge in [0.15, 0.2) is 0 Å². The third kappa shape index (κ3) is 20.3. The van der Waals surface area contributed by atoms with Crippen molar-refractivity contribution < 1.29 is 48.0 Å². The zero-order chi connectivity index (χ0) is 35.7. The van der Waals surface area contributed by atoms with Crippen molar-refractivity contribution >= 4 is 51.2 Å². The quantitative estimate of drug-likeness (QED) is 0.0702. The minimum Gasteiger partial charge on any atom is -0.481 e. The second-order valence-electron chi connectivity index (χ2n) is 10.9. The van der Waals surface area contributed by atoms with E-state index in [9.17, 15) is 24.0 Å². The Bertz CT molecular complexity index is 1310. The van der Waals surface area contributed by atoms with E-state index >= 15 is 0 Å². The lowest BCUT2D eigenvalue weighted by Crippen LogP contribution is -2.47. The first-order valence-electron chi connectivity index (χ1n) is 16.0. The van der Waals surface area contributed by atoms with Crippen LogP contribution in [0.25, 0.3) is 0 Å². The van der Waals surface area contributed by atoms with E-state index in [-0.39, 0.29) is 50.3 Å². The molecule has 5 N–H and O–H groups in total. The number of carboxylic acid groups (broad SMARTS) is 1. The van der Waals surface area contributed by atoms with E-state index in [2.05, 4.69) is 43.3 Å². The molecule has 0 spiro atoms. The number of carboxylic acids is 1. The van der Waals surface area contributed by atoms with Gasteiger partial charge in [0.25, 0.3) is 0 Å². The van der Waals surface area contributed by atoms with Crippen LogP contribution in [0, 0.1) is 6.92 Å². The summed E-state index contributed by atoms with van der Waals surface area (Å²) < 4.78 is 21.5. The van der Waals surface area contributed by atoms with Gasteiger partial charge in [-0.15, -0.1) is 0 Å². The molecule has 0 aliphatic heterocycles. The highest BCUT2D eigenvalue weighted by Gasteiger charge is 2.22. The number of carbonyl (C=O) groups is 5. The molecule has 49 heavy (non-hydrogen) atoms. The van der Waals surface area contributed by atoms with Gasteiger partial charge >= 0.3 is 5.97 Å². The topological polar surface area (TPSA) is 191 Å². The van der Waals surface area contributed by atoms with E-state index in [1.54, 1.807) is 12.1 Å². The molecule has 0 aliphatic rings. The van der Waals surface area contributed by atoms with Crippen molar-refractivity contribution in [2.24, 2.45) is 0 Å². The van der Waals surface area contributed by atoms with Crippen LogP contribution < -0.4 is 21.3 Å². The summed E-state index contributed by atoms with van der Waals surface area (Å²) in [6, 6.07) is 14.4. The zero-order valence-corrected chi connectivity index (χ0v) is 29.4. The largest absolute Gasteiger partial charge is 0.481 e. The lowest BCUT2D eigenvalue weighted by atomic mass is 10.0. The number of anilines is 1. The molecule has 0 unspecified atom stereocenters. The number of alkyl halides is 1. The van der Waals surface area contributed by atoms with Gasteiger partial charge in [-0.05, 0) is 43.0 Å². The number of ether oxygens (including phenoxy) is 4. The fraction of sp³-hybridized carbons (Fsp3) is 0.500. The van der Waals surface area contributed by atoms with Gasteiger partial charge in [-0.3, -0.25) is 24.0 Å². The number of carbonyl (C=O) groups excluding carboxylic acids is 4. The minimum atomic E-state index is -1.11. The van der Waals surface area contributed by atoms with Crippen LogP contribution in [-0.2, 0) is 49.3 Å². The lowest BCUT2D eigenvalue weighted by Gasteiger charge is -2.18. The van der Waals surface area contributed by atoms with E-state index in [4.69, 9.17) is 24.1 Å². The van der Waals surface area contributed by atoms with Gasteiger partial charge in [0.05, 0.1) is 64.7 Å². The first-order chi connectivity index (χ1) is 23.7. The highest BCUT2D eigenvalue weighted by molar-refractivity contribution is 9.09. The van der Waals surface area contributed by atoms with E-state index in [1.807, 2.05) is 37.3 Å². The summed E-state index contributed by atoms with van der Waals surface area (Å²) in [5, 5.41) is 19.7. The number of rotatable bonds is 26. The summed E-state index contributed by atoms with van der Waals surface area (Å²) in [5.41, 5.74) is 3.90. The number of aryl methyl sites for hydroxylation is 1. The number of hydrogen-bond acceptors (Lipinski definition) is 9. The summed E-state index contributed by atoms with van der Waals surface area (Å²) in [7, 11) is 0. The molecular weight excluding hydrogens is 704 g/mol. The number of nitrogens with one attached hydrogen (secondary N) is 4. The van der Waals surface area contributed by atoms with Gasteiger partial charge < -0.3 is 45.3 Å². The van der Waals surface area contributed by atoms with Crippen LogP contribution in [0.15, 0.2) is 48.5 Å². The predicted octanol–water partition coefficient (Wildman–Crippen LogP) is 1.96. The third-order valence-electron chi connectivity index (χ3n) is 6.74. The number of aliphatic carboxylic acids is 1. The second-order valence-corrected chi connectivity index (χ2v) is 11.4. The number of benzene rings is 2. The average Bonchev–Trinajstić information content (AvgIpc) is 3.08. The highest BCUT2D eigenvalue weighted by atomic mass is 79.9. The molecule has 0 bridgehead atoms. The Labute approximate surface area is 295 Å². The van der Waals surface area contributed by atoms with E-state index in [1.165, 1.54) is 11.1 Å². The van der Waals surface area contributed by atoms with Crippen molar-refractivity contribution in [1.82, 2.24) is 16.0 Å². The van der Waals surface area contributed by atoms with E-state index in [0.29, 0.717) is 51.9 Å². The monoisotopic (exact) mass is 750 g/mol. The molecule has 1 atom stereocenters. The molecule has 14 nitrogen and oxygen atoms in total. The highest BCUT2D eigenvalue weighted by Crippen LogP contribution is 2.15. The van der Waals surface area contributed by atoms with Gasteiger partial charge in [0.2, 0.25) is 23.6 Å². The second kappa shape index (κ2) is 25.1. The molecule has 0 aliphatic carbocycles. The molecule has 0 saturated carbocycles. The van der Waals surface area contributed by atoms with Crippen molar-refractivity contribution in [2.75, 3.05) is 76.6 Å². The van der Waals surface area contributed by atoms with Crippen molar-refractivity contribution in [1.29, 1.82) is 0 Å². The fourth-order valence-corrected chi connectivity index (χ4v) is 4.48. The maximum Gasteiger partial charge on any atom is 0.303 e. The van der Waals surface area contributed by atoms with Crippen LogP contribution in [0.3, 0.4) is 0 Å². The SMILES string of the molecule is Cc1cccc(Cc2ccc(NC(=O)[C@H](CCC(=O)O)NC(=O)CNC(=O)CCOCCOCCOCCOCCNC(=O)CBr)cc2)c1. The van der Waals surface area contributed by atoms with Crippen LogP contribution in [0.1, 0.15) is 36.0 Å². The fourth-order valence-electron chi connectivity index (χ4n) is 4.28. The Morgan fingerprint density at radius 3 is 1.98 bits per heavy atom. The molecular formula is C34H47BrN4O10. The maximum absolute atomic E-state index is 12.9. The molecule has 2 rings (SSSR count). The standard InChI is InChI=1S/C34H47BrN4O10/c1-25-3-2-4-27(21-25)22-26-5-7-28(8-6-26)38-34(45)29(9-10-33(43)44)39-32(42)24-37-30(40)11-13-46-15-17-48-19-20-49-18-16-47-14-12-36-31(41)23-35/h2-8,21,29H,9-20,22-24H2,1H3,(H,36,41)(H,37,40)(H,38,45)(H,39,42)(H,43,44)/t29-/m0/s1. The minimum absolute atomic E-state index is 0.0129. The van der Waals surface area contributed by atoms with Gasteiger partial charge in [0, 0.05) is 25.1 Å². The molecule has 2 aromatic rings. The molecule has 0 aromatic heterocycles. The number of halogens is 1. The average molecular weight is 752 g/mol. The Morgan fingerprint density at radius 2 is 1.37 bits per heavy atom. The number of hydrogen-bond donors (Lipinski definition) is 5. The Morgan fingerprint density at radius 1 is 0.735 bits per heavy atom. The molecule has 2 aromatic carbocycles. The van der Waals surface area contributed by atoms with Crippen LogP contribution in [0.5, 0.6) is 0 Å². The van der Waals surface area contributed by atoms with Gasteiger partial charge in [0.1, 0.15) is 6.04 Å². The number of amides is 4. The van der Waals surface area contributed by atoms with Crippen molar-refractivity contribution in [3.05, 3.63) is 65.2 Å². The summed E-state index contributed by atoms with van der Waals surface area (Å²) >= 11 is 3.06. The molecule has 0 saturated heterocycles. The van der Waals surface area contributed by atoms with Gasteiger partial charge in [-0.1, -0.05) is 57.9 Å². The molecule has 0 heterocycles. The Hall–Kier alpha value is -3.89. The summed E-state index contributed by atoms with van der Waals surface area (Å²) in [6.45, 7) is 4.76. The van der Waals surface area contributed by atoms with Crippen LogP contribution >= 0.6 is 15.9 Å². The third-order valence-corrected chi connectivity index (χ3v) is 7.25. The molecule has 270 valence electrons. The lowest BCUT2D eigenvalue weighted by molar-refractivity contribution is -0.137. The Kier molecular flexibility index (Phi) is 21.2.